The van der Waals surface area contributed by atoms with Crippen molar-refractivity contribution < 1.29 is 14.5 Å². The molecule has 0 N–H and O–H groups in total. The molecule has 1 aromatic rings. The van der Waals surface area contributed by atoms with Crippen LogP contribution in [0.4, 0.5) is 0 Å². The van der Waals surface area contributed by atoms with Gasteiger partial charge >= 0.3 is 0 Å². The summed E-state index contributed by atoms with van der Waals surface area (Å²) in [5, 5.41) is 0. The van der Waals surface area contributed by atoms with Gasteiger partial charge in [-0.05, 0) is 18.6 Å². The lowest BCUT2D eigenvalue weighted by Gasteiger charge is -2.05. The van der Waals surface area contributed by atoms with Crippen molar-refractivity contribution in [3.63, 3.8) is 0 Å². The monoisotopic (exact) mass is 180 g/mol. The van der Waals surface area contributed by atoms with Gasteiger partial charge in [-0.1, -0.05) is 18.2 Å². The van der Waals surface area contributed by atoms with Crippen molar-refractivity contribution in [2.75, 3.05) is 13.2 Å². The van der Waals surface area contributed by atoms with E-state index >= 15 is 0 Å². The fourth-order valence-corrected chi connectivity index (χ4v) is 0.988. The van der Waals surface area contributed by atoms with Gasteiger partial charge in [0.25, 0.3) is 0 Å². The lowest BCUT2D eigenvalue weighted by Crippen LogP contribution is -2.05. The summed E-state index contributed by atoms with van der Waals surface area (Å²) in [4.78, 5) is 10.1. The van der Waals surface area contributed by atoms with E-state index in [1.165, 1.54) is 0 Å². The van der Waals surface area contributed by atoms with Crippen molar-refractivity contribution in [2.24, 2.45) is 0 Å². The molecule has 1 saturated heterocycles. The Labute approximate surface area is 77.2 Å². The third-order valence-electron chi connectivity index (χ3n) is 1.90. The normalized spacial score (nSPS) is 19.9. The molecule has 1 aromatic carbocycles. The van der Waals surface area contributed by atoms with E-state index in [0.717, 1.165) is 17.9 Å². The minimum absolute atomic E-state index is 0.240. The Hall–Kier alpha value is -1.06. The molecule has 0 amide bonds. The van der Waals surface area contributed by atoms with E-state index in [-0.39, 0.29) is 6.10 Å². The molecule has 0 bridgehead atoms. The van der Waals surface area contributed by atoms with Crippen LogP contribution >= 0.6 is 0 Å². The van der Waals surface area contributed by atoms with Gasteiger partial charge in [-0.2, -0.15) is 4.89 Å². The predicted molar refractivity (Wildman–Crippen MR) is 47.5 cm³/mol. The number of ether oxygens (including phenoxy) is 1. The Balaban J connectivity index is 1.82. The molecule has 1 fully saturated rings. The van der Waals surface area contributed by atoms with Crippen LogP contribution in [0.5, 0.6) is 5.75 Å². The molecule has 0 aliphatic carbocycles. The molecule has 1 unspecified atom stereocenters. The van der Waals surface area contributed by atoms with E-state index < -0.39 is 0 Å². The fourth-order valence-electron chi connectivity index (χ4n) is 0.988. The highest BCUT2D eigenvalue weighted by Gasteiger charge is 2.23. The summed E-state index contributed by atoms with van der Waals surface area (Å²) in [6.45, 7) is 3.28. The molecule has 3 heteroatoms. The number of aryl methyl sites for hydroxylation is 1. The topological polar surface area (TPSA) is 31.0 Å². The third kappa shape index (κ3) is 2.44. The lowest BCUT2D eigenvalue weighted by atomic mass is 10.2. The Bertz CT molecular complexity index is 281. The molecule has 1 aliphatic heterocycles. The van der Waals surface area contributed by atoms with Gasteiger partial charge in [0, 0.05) is 0 Å². The van der Waals surface area contributed by atoms with Gasteiger partial charge in [0.1, 0.15) is 12.7 Å². The van der Waals surface area contributed by atoms with E-state index in [9.17, 15) is 0 Å². The molecule has 1 heterocycles. The molecule has 0 saturated carbocycles. The number of benzene rings is 1. The lowest BCUT2D eigenvalue weighted by molar-refractivity contribution is -0.209. The molecule has 2 rings (SSSR count). The summed E-state index contributed by atoms with van der Waals surface area (Å²) < 4.78 is 4.97. The maximum atomic E-state index is 5.11. The number of para-hydroxylation sites is 1. The van der Waals surface area contributed by atoms with Crippen LogP contribution in [-0.4, -0.2) is 19.3 Å². The van der Waals surface area contributed by atoms with Gasteiger partial charge in [0.05, 0.1) is 6.61 Å². The van der Waals surface area contributed by atoms with Crippen molar-refractivity contribution >= 4 is 0 Å². The number of hydrogen-bond acceptors (Lipinski definition) is 3. The average Bonchev–Trinajstić information content (AvgIpc) is 2.92. The summed E-state index contributed by atoms with van der Waals surface area (Å²) >= 11 is 0. The minimum atomic E-state index is 0.240. The van der Waals surface area contributed by atoms with Crippen molar-refractivity contribution in [2.45, 2.75) is 13.0 Å². The second kappa shape index (κ2) is 3.77. The second-order valence-corrected chi connectivity index (χ2v) is 3.09. The molecular formula is C10H12O3. The summed E-state index contributed by atoms with van der Waals surface area (Å²) in [7, 11) is 0. The Morgan fingerprint density at radius 2 is 2.23 bits per heavy atom. The first-order chi connectivity index (χ1) is 6.36. The Morgan fingerprint density at radius 3 is 2.92 bits per heavy atom. The molecule has 1 aliphatic rings. The zero-order valence-electron chi connectivity index (χ0n) is 7.53. The van der Waals surface area contributed by atoms with Crippen LogP contribution in [-0.2, 0) is 9.62 Å². The molecule has 13 heavy (non-hydrogen) atoms. The van der Waals surface area contributed by atoms with Gasteiger partial charge in [-0.15, -0.1) is 0 Å². The third-order valence-corrected chi connectivity index (χ3v) is 1.90. The first-order valence-electron chi connectivity index (χ1n) is 4.33. The van der Waals surface area contributed by atoms with Crippen LogP contribution in [0.25, 0.3) is 0 Å². The first-order valence-corrected chi connectivity index (χ1v) is 4.33. The van der Waals surface area contributed by atoms with E-state index in [0.29, 0.717) is 6.61 Å². The van der Waals surface area contributed by atoms with E-state index in [4.69, 9.17) is 14.5 Å². The molecule has 0 radical (unpaired) electrons. The van der Waals surface area contributed by atoms with Crippen LogP contribution < -0.4 is 4.89 Å². The second-order valence-electron chi connectivity index (χ2n) is 3.09. The standard InChI is InChI=1S/C10H12O3/c1-8-4-2-3-5-10(8)13-12-7-9-6-11-9/h2-5,9H,6-7H2,1H3. The molecule has 1 atom stereocenters. The van der Waals surface area contributed by atoms with E-state index in [2.05, 4.69) is 0 Å². The maximum absolute atomic E-state index is 5.11. The first kappa shape index (κ1) is 8.53. The van der Waals surface area contributed by atoms with Gasteiger partial charge in [-0.25, -0.2) is 0 Å². The Morgan fingerprint density at radius 1 is 1.46 bits per heavy atom. The zero-order chi connectivity index (χ0) is 9.10. The number of rotatable bonds is 4. The summed E-state index contributed by atoms with van der Waals surface area (Å²) in [5.74, 6) is 0.767. The highest BCUT2D eigenvalue weighted by molar-refractivity contribution is 5.31. The minimum Gasteiger partial charge on any atom is -0.370 e. The molecule has 70 valence electrons. The van der Waals surface area contributed by atoms with E-state index in [1.54, 1.807) is 0 Å². The van der Waals surface area contributed by atoms with Crippen LogP contribution in [0.15, 0.2) is 24.3 Å². The van der Waals surface area contributed by atoms with Crippen molar-refractivity contribution in [1.82, 2.24) is 0 Å². The molecular weight excluding hydrogens is 168 g/mol. The summed E-state index contributed by atoms with van der Waals surface area (Å²) in [5.41, 5.74) is 1.07. The van der Waals surface area contributed by atoms with Crippen molar-refractivity contribution in [3.05, 3.63) is 29.8 Å². The predicted octanol–water partition coefficient (Wildman–Crippen LogP) is 1.70. The van der Waals surface area contributed by atoms with Crippen LogP contribution in [0, 0.1) is 6.92 Å². The fraction of sp³-hybridized carbons (Fsp3) is 0.400. The van der Waals surface area contributed by atoms with Gasteiger partial charge in [0.2, 0.25) is 0 Å². The van der Waals surface area contributed by atoms with Crippen LogP contribution in [0.1, 0.15) is 5.56 Å². The van der Waals surface area contributed by atoms with Gasteiger partial charge < -0.3 is 9.62 Å². The highest BCUT2D eigenvalue weighted by atomic mass is 17.2. The molecule has 0 aromatic heterocycles. The molecule has 3 nitrogen and oxygen atoms in total. The summed E-state index contributed by atoms with van der Waals surface area (Å²) in [6.07, 6.45) is 0.240. The smallest absolute Gasteiger partial charge is 0.168 e. The largest absolute Gasteiger partial charge is 0.370 e. The van der Waals surface area contributed by atoms with Crippen LogP contribution in [0.2, 0.25) is 0 Å². The van der Waals surface area contributed by atoms with Gasteiger partial charge in [0.15, 0.2) is 5.75 Å². The van der Waals surface area contributed by atoms with Crippen molar-refractivity contribution in [1.29, 1.82) is 0 Å². The molecule has 0 spiro atoms. The number of hydrogen-bond donors (Lipinski definition) is 0. The highest BCUT2D eigenvalue weighted by Crippen LogP contribution is 2.17. The van der Waals surface area contributed by atoms with Crippen molar-refractivity contribution in [3.8, 4) is 5.75 Å². The number of epoxide rings is 1. The van der Waals surface area contributed by atoms with Crippen LogP contribution in [0.3, 0.4) is 0 Å². The van der Waals surface area contributed by atoms with E-state index in [1.807, 2.05) is 31.2 Å². The summed E-state index contributed by atoms with van der Waals surface area (Å²) in [6, 6.07) is 7.74. The zero-order valence-corrected chi connectivity index (χ0v) is 7.53. The average molecular weight is 180 g/mol. The Kier molecular flexibility index (Phi) is 2.47. The maximum Gasteiger partial charge on any atom is 0.168 e. The van der Waals surface area contributed by atoms with Gasteiger partial charge in [-0.3, -0.25) is 0 Å². The SMILES string of the molecule is Cc1ccccc1OOCC1CO1. The quantitative estimate of drug-likeness (QED) is 0.401.